The first-order valence-corrected chi connectivity index (χ1v) is 8.85. The summed E-state index contributed by atoms with van der Waals surface area (Å²) in [5.74, 6) is -0.394. The van der Waals surface area contributed by atoms with Crippen LogP contribution in [0.25, 0.3) is 0 Å². The molecule has 0 fully saturated rings. The summed E-state index contributed by atoms with van der Waals surface area (Å²) >= 11 is 0. The minimum Gasteiger partial charge on any atom is -0.466 e. The van der Waals surface area contributed by atoms with Gasteiger partial charge in [0.15, 0.2) is 0 Å². The van der Waals surface area contributed by atoms with Crippen molar-refractivity contribution in [3.63, 3.8) is 0 Å². The molecular weight excluding hydrogens is 304 g/mol. The summed E-state index contributed by atoms with van der Waals surface area (Å²) in [5.41, 5.74) is 2.61. The lowest BCUT2D eigenvalue weighted by Crippen LogP contribution is -1.99. The average molecular weight is 341 g/mol. The molecule has 0 spiro atoms. The predicted molar refractivity (Wildman–Crippen MR) is 99.8 cm³/mol. The molecule has 0 aromatic rings. The Hall–Kier alpha value is -1.58. The first-order chi connectivity index (χ1) is 11.3. The van der Waals surface area contributed by atoms with Gasteiger partial charge in [-0.15, -0.1) is 0 Å². The van der Waals surface area contributed by atoms with Crippen LogP contribution >= 0.6 is 0 Å². The van der Waals surface area contributed by atoms with Gasteiger partial charge >= 0.3 is 11.9 Å². The molecule has 0 aromatic carbocycles. The van der Waals surface area contributed by atoms with Crippen molar-refractivity contribution in [2.45, 2.75) is 80.1 Å². The summed E-state index contributed by atoms with van der Waals surface area (Å²) in [6.45, 7) is 12.3. The fraction of sp³-hybridized carbons (Fsp3) is 0.700. The highest BCUT2D eigenvalue weighted by molar-refractivity contribution is 5.66. The van der Waals surface area contributed by atoms with Gasteiger partial charge in [0.2, 0.25) is 0 Å². The van der Waals surface area contributed by atoms with E-state index in [2.05, 4.69) is 33.8 Å². The van der Waals surface area contributed by atoms with Crippen LogP contribution in [0.3, 0.4) is 0 Å². The fourth-order valence-corrected chi connectivity index (χ4v) is 1.74. The second kappa shape index (κ2) is 17.8. The molecule has 0 saturated heterocycles. The minimum absolute atomic E-state index is 0.170. The van der Waals surface area contributed by atoms with Gasteiger partial charge < -0.3 is 9.47 Å². The van der Waals surface area contributed by atoms with Crippen LogP contribution in [0.15, 0.2) is 23.3 Å². The van der Waals surface area contributed by atoms with Crippen molar-refractivity contribution >= 4 is 11.9 Å². The highest BCUT2D eigenvalue weighted by atomic mass is 16.5. The van der Waals surface area contributed by atoms with Crippen molar-refractivity contribution in [1.82, 2.24) is 0 Å². The van der Waals surface area contributed by atoms with E-state index in [1.807, 2.05) is 6.08 Å². The number of hydrogen-bond acceptors (Lipinski definition) is 4. The Bertz CT molecular complexity index is 390. The van der Waals surface area contributed by atoms with Gasteiger partial charge in [0.25, 0.3) is 0 Å². The van der Waals surface area contributed by atoms with Gasteiger partial charge in [0, 0.05) is 13.8 Å². The first-order valence-electron chi connectivity index (χ1n) is 8.85. The molecule has 0 N–H and O–H groups in total. The standard InChI is InChI=1S/C12H20O2.C8H16O2/c1-10(2)6-5-7-11(3)8-9-14-12(4)13;1-3-4-5-6-7-10-8(2)9/h6,8H,5,7,9H2,1-4H3;3-7H2,1-2H3. The number of rotatable bonds is 10. The number of allylic oxidation sites excluding steroid dienone is 3. The zero-order valence-electron chi connectivity index (χ0n) is 16.4. The molecule has 0 aromatic heterocycles. The van der Waals surface area contributed by atoms with Gasteiger partial charge in [-0.1, -0.05) is 43.4 Å². The topological polar surface area (TPSA) is 52.6 Å². The molecule has 0 heterocycles. The Morgan fingerprint density at radius 3 is 1.96 bits per heavy atom. The number of ether oxygens (including phenoxy) is 2. The average Bonchev–Trinajstić information content (AvgIpc) is 2.46. The van der Waals surface area contributed by atoms with Crippen LogP contribution in [-0.2, 0) is 19.1 Å². The zero-order valence-corrected chi connectivity index (χ0v) is 16.4. The lowest BCUT2D eigenvalue weighted by Gasteiger charge is -2.00. The predicted octanol–water partition coefficient (Wildman–Crippen LogP) is 5.37. The van der Waals surface area contributed by atoms with E-state index in [1.165, 1.54) is 44.3 Å². The van der Waals surface area contributed by atoms with E-state index < -0.39 is 0 Å². The van der Waals surface area contributed by atoms with Gasteiger partial charge in [-0.3, -0.25) is 9.59 Å². The van der Waals surface area contributed by atoms with Crippen molar-refractivity contribution in [2.75, 3.05) is 13.2 Å². The third-order valence-corrected chi connectivity index (χ3v) is 3.11. The molecule has 0 unspecified atom stereocenters. The zero-order chi connectivity index (χ0) is 18.8. The molecule has 24 heavy (non-hydrogen) atoms. The summed E-state index contributed by atoms with van der Waals surface area (Å²) < 4.78 is 9.56. The molecule has 0 saturated carbocycles. The Labute approximate surface area is 148 Å². The monoisotopic (exact) mass is 340 g/mol. The van der Waals surface area contributed by atoms with E-state index in [0.717, 1.165) is 19.3 Å². The molecule has 0 bridgehead atoms. The molecule has 0 aliphatic rings. The van der Waals surface area contributed by atoms with Gasteiger partial charge in [0.05, 0.1) is 6.61 Å². The summed E-state index contributed by atoms with van der Waals surface area (Å²) in [6.07, 6.45) is 10.9. The third-order valence-electron chi connectivity index (χ3n) is 3.11. The van der Waals surface area contributed by atoms with Crippen LogP contribution in [0.2, 0.25) is 0 Å². The van der Waals surface area contributed by atoms with Crippen LogP contribution in [0.5, 0.6) is 0 Å². The normalized spacial score (nSPS) is 10.3. The van der Waals surface area contributed by atoms with Crippen molar-refractivity contribution in [3.8, 4) is 0 Å². The highest BCUT2D eigenvalue weighted by Crippen LogP contribution is 2.06. The summed E-state index contributed by atoms with van der Waals surface area (Å²) in [7, 11) is 0. The maximum atomic E-state index is 10.5. The fourth-order valence-electron chi connectivity index (χ4n) is 1.74. The molecule has 0 amide bonds. The van der Waals surface area contributed by atoms with E-state index in [-0.39, 0.29) is 11.9 Å². The minimum atomic E-state index is -0.224. The number of esters is 2. The molecule has 0 rings (SSSR count). The van der Waals surface area contributed by atoms with Crippen LogP contribution in [0.4, 0.5) is 0 Å². The maximum absolute atomic E-state index is 10.5. The lowest BCUT2D eigenvalue weighted by molar-refractivity contribution is -0.141. The second-order valence-corrected chi connectivity index (χ2v) is 6.07. The number of unbranched alkanes of at least 4 members (excludes halogenated alkanes) is 3. The van der Waals surface area contributed by atoms with Crippen molar-refractivity contribution < 1.29 is 19.1 Å². The van der Waals surface area contributed by atoms with Gasteiger partial charge in [-0.25, -0.2) is 0 Å². The number of carbonyl (C=O) groups excluding carboxylic acids is 2. The second-order valence-electron chi connectivity index (χ2n) is 6.07. The van der Waals surface area contributed by atoms with Gasteiger partial charge in [-0.05, 0) is 46.1 Å². The summed E-state index contributed by atoms with van der Waals surface area (Å²) in [5, 5.41) is 0. The molecule has 0 aliphatic carbocycles. The van der Waals surface area contributed by atoms with Gasteiger partial charge in [0.1, 0.15) is 6.61 Å². The maximum Gasteiger partial charge on any atom is 0.302 e. The smallest absolute Gasteiger partial charge is 0.302 e. The van der Waals surface area contributed by atoms with E-state index in [9.17, 15) is 9.59 Å². The molecule has 0 radical (unpaired) electrons. The van der Waals surface area contributed by atoms with E-state index in [0.29, 0.717) is 13.2 Å². The lowest BCUT2D eigenvalue weighted by atomic mass is 10.1. The highest BCUT2D eigenvalue weighted by Gasteiger charge is 1.92. The Morgan fingerprint density at radius 1 is 0.833 bits per heavy atom. The molecule has 140 valence electrons. The largest absolute Gasteiger partial charge is 0.466 e. The third kappa shape index (κ3) is 25.4. The van der Waals surface area contributed by atoms with E-state index in [4.69, 9.17) is 9.47 Å². The molecule has 4 nitrogen and oxygen atoms in total. The van der Waals surface area contributed by atoms with Crippen molar-refractivity contribution in [3.05, 3.63) is 23.3 Å². The Balaban J connectivity index is 0. The molecule has 0 atom stereocenters. The molecule has 4 heteroatoms. The number of hydrogen-bond donors (Lipinski definition) is 0. The van der Waals surface area contributed by atoms with Crippen molar-refractivity contribution in [2.24, 2.45) is 0 Å². The Morgan fingerprint density at radius 2 is 1.46 bits per heavy atom. The Kier molecular flexibility index (Phi) is 18.3. The number of carbonyl (C=O) groups is 2. The summed E-state index contributed by atoms with van der Waals surface area (Å²) in [6, 6.07) is 0. The van der Waals surface area contributed by atoms with E-state index in [1.54, 1.807) is 0 Å². The first kappa shape index (κ1) is 24.7. The SMILES string of the molecule is CC(=O)OCC=C(C)CCC=C(C)C.CCCCCCOC(C)=O. The van der Waals surface area contributed by atoms with Crippen molar-refractivity contribution in [1.29, 1.82) is 0 Å². The van der Waals surface area contributed by atoms with Crippen LogP contribution in [0, 0.1) is 0 Å². The van der Waals surface area contributed by atoms with Gasteiger partial charge in [-0.2, -0.15) is 0 Å². The van der Waals surface area contributed by atoms with E-state index >= 15 is 0 Å². The van der Waals surface area contributed by atoms with Crippen LogP contribution in [0.1, 0.15) is 80.1 Å². The van der Waals surface area contributed by atoms with Crippen LogP contribution in [-0.4, -0.2) is 25.2 Å². The summed E-state index contributed by atoms with van der Waals surface area (Å²) in [4.78, 5) is 20.7. The molecule has 0 aliphatic heterocycles. The van der Waals surface area contributed by atoms with Crippen LogP contribution < -0.4 is 0 Å². The quantitative estimate of drug-likeness (QED) is 0.305. The molecular formula is C20H36O4.